The van der Waals surface area contributed by atoms with E-state index in [1.807, 2.05) is 31.0 Å². The van der Waals surface area contributed by atoms with Gasteiger partial charge in [0.25, 0.3) is 0 Å². The number of aryl methyl sites for hydroxylation is 1. The minimum absolute atomic E-state index is 0.893. The van der Waals surface area contributed by atoms with Crippen molar-refractivity contribution < 1.29 is 0 Å². The maximum atomic E-state index is 4.31. The van der Waals surface area contributed by atoms with Crippen LogP contribution in [-0.4, -0.2) is 19.7 Å². The number of hydrogen-bond donors (Lipinski definition) is 0. The van der Waals surface area contributed by atoms with Gasteiger partial charge in [-0.2, -0.15) is 5.10 Å². The Labute approximate surface area is 123 Å². The molecule has 0 aliphatic rings. The Morgan fingerprint density at radius 1 is 1.14 bits per heavy atom. The third kappa shape index (κ3) is 3.05. The molecule has 3 aromatic rings. The Morgan fingerprint density at radius 3 is 2.76 bits per heavy atom. The van der Waals surface area contributed by atoms with Crippen LogP contribution in [0, 0.1) is 0 Å². The van der Waals surface area contributed by atoms with Crippen LogP contribution >= 0.6 is 0 Å². The number of aromatic nitrogens is 4. The predicted molar refractivity (Wildman–Crippen MR) is 84.2 cm³/mol. The quantitative estimate of drug-likeness (QED) is 0.736. The highest BCUT2D eigenvalue weighted by Crippen LogP contribution is 2.22. The van der Waals surface area contributed by atoms with Crippen LogP contribution < -0.4 is 0 Å². The molecule has 0 atom stereocenters. The van der Waals surface area contributed by atoms with Gasteiger partial charge in [-0.1, -0.05) is 18.2 Å². The first-order valence-electron chi connectivity index (χ1n) is 6.76. The van der Waals surface area contributed by atoms with E-state index < -0.39 is 0 Å². The van der Waals surface area contributed by atoms with Crippen LogP contribution in [0.3, 0.4) is 0 Å². The van der Waals surface area contributed by atoms with Gasteiger partial charge in [0.1, 0.15) is 0 Å². The smallest absolute Gasteiger partial charge is 0.0842 e. The number of hydrogen-bond acceptors (Lipinski definition) is 3. The summed E-state index contributed by atoms with van der Waals surface area (Å²) in [4.78, 5) is 8.42. The first kappa shape index (κ1) is 13.2. The van der Waals surface area contributed by atoms with E-state index in [1.54, 1.807) is 18.6 Å². The molecule has 21 heavy (non-hydrogen) atoms. The van der Waals surface area contributed by atoms with E-state index in [2.05, 4.69) is 45.4 Å². The Balaban J connectivity index is 1.93. The van der Waals surface area contributed by atoms with Crippen LogP contribution in [0.5, 0.6) is 0 Å². The fraction of sp³-hybridized carbons (Fsp3) is 0.118. The van der Waals surface area contributed by atoms with Gasteiger partial charge in [-0.15, -0.1) is 0 Å². The largest absolute Gasteiger partial charge is 0.275 e. The van der Waals surface area contributed by atoms with E-state index in [9.17, 15) is 0 Å². The maximum absolute atomic E-state index is 4.31. The van der Waals surface area contributed by atoms with Gasteiger partial charge < -0.3 is 0 Å². The molecule has 0 amide bonds. The second-order valence-corrected chi connectivity index (χ2v) is 4.95. The third-order valence-corrected chi connectivity index (χ3v) is 3.28. The average Bonchev–Trinajstić information content (AvgIpc) is 2.95. The van der Waals surface area contributed by atoms with Gasteiger partial charge in [0, 0.05) is 31.2 Å². The Hall–Kier alpha value is -2.75. The lowest BCUT2D eigenvalue weighted by atomic mass is 10.0. The summed E-state index contributed by atoms with van der Waals surface area (Å²) >= 11 is 0. The zero-order valence-corrected chi connectivity index (χ0v) is 12.1. The van der Waals surface area contributed by atoms with Crippen molar-refractivity contribution >= 4 is 11.6 Å². The minimum atomic E-state index is 0.893. The molecule has 2 aromatic heterocycles. The molecule has 2 heterocycles. The lowest BCUT2D eigenvalue weighted by Crippen LogP contribution is -1.86. The first-order valence-corrected chi connectivity index (χ1v) is 6.76. The van der Waals surface area contributed by atoms with E-state index in [0.717, 1.165) is 28.0 Å². The Kier molecular flexibility index (Phi) is 3.60. The van der Waals surface area contributed by atoms with Crippen molar-refractivity contribution in [1.29, 1.82) is 0 Å². The zero-order valence-electron chi connectivity index (χ0n) is 12.1. The normalized spacial score (nSPS) is 11.6. The molecule has 0 spiro atoms. The van der Waals surface area contributed by atoms with Gasteiger partial charge in [-0.25, -0.2) is 0 Å². The summed E-state index contributed by atoms with van der Waals surface area (Å²) in [5.41, 5.74) is 5.39. The molecule has 0 aliphatic carbocycles. The number of nitrogens with zero attached hydrogens (tertiary/aromatic N) is 4. The topological polar surface area (TPSA) is 43.6 Å². The summed E-state index contributed by atoms with van der Waals surface area (Å²) < 4.78 is 1.81. The van der Waals surface area contributed by atoms with Gasteiger partial charge in [-0.3, -0.25) is 14.6 Å². The van der Waals surface area contributed by atoms with Gasteiger partial charge in [0.05, 0.1) is 18.1 Å². The fourth-order valence-corrected chi connectivity index (χ4v) is 2.20. The summed E-state index contributed by atoms with van der Waals surface area (Å²) in [7, 11) is 1.92. The highest BCUT2D eigenvalue weighted by Gasteiger charge is 2.02. The standard InChI is InChI=1S/C17H16N4/c1-13(17-11-18-6-7-19-17)8-14-4-3-5-15(9-14)16-10-20-21(2)12-16/h3-12H,1-2H3/b13-8+. The molecular weight excluding hydrogens is 260 g/mol. The van der Waals surface area contributed by atoms with Crippen LogP contribution in [0.25, 0.3) is 22.8 Å². The lowest BCUT2D eigenvalue weighted by molar-refractivity contribution is 0.768. The van der Waals surface area contributed by atoms with Gasteiger partial charge >= 0.3 is 0 Å². The van der Waals surface area contributed by atoms with Crippen molar-refractivity contribution in [2.45, 2.75) is 6.92 Å². The van der Waals surface area contributed by atoms with Gasteiger partial charge in [0.15, 0.2) is 0 Å². The molecule has 1 aromatic carbocycles. The summed E-state index contributed by atoms with van der Waals surface area (Å²) in [6.07, 6.45) is 11.2. The van der Waals surface area contributed by atoms with Crippen LogP contribution in [0.1, 0.15) is 18.2 Å². The summed E-state index contributed by atoms with van der Waals surface area (Å²) in [5.74, 6) is 0. The summed E-state index contributed by atoms with van der Waals surface area (Å²) in [5, 5.41) is 4.21. The lowest BCUT2D eigenvalue weighted by Gasteiger charge is -2.02. The molecule has 104 valence electrons. The van der Waals surface area contributed by atoms with Crippen molar-refractivity contribution in [3.8, 4) is 11.1 Å². The van der Waals surface area contributed by atoms with Crippen molar-refractivity contribution in [2.24, 2.45) is 7.05 Å². The first-order chi connectivity index (χ1) is 10.2. The molecule has 0 unspecified atom stereocenters. The van der Waals surface area contributed by atoms with Crippen molar-refractivity contribution in [1.82, 2.24) is 19.7 Å². The maximum Gasteiger partial charge on any atom is 0.0842 e. The van der Waals surface area contributed by atoms with E-state index in [0.29, 0.717) is 0 Å². The van der Waals surface area contributed by atoms with E-state index in [1.165, 1.54) is 0 Å². The molecule has 0 fully saturated rings. The number of rotatable bonds is 3. The SMILES string of the molecule is C/C(=C\c1cccc(-c2cnn(C)c2)c1)c1cnccn1. The molecule has 0 aliphatic heterocycles. The summed E-state index contributed by atoms with van der Waals surface area (Å²) in [6.45, 7) is 2.04. The second-order valence-electron chi connectivity index (χ2n) is 4.95. The Morgan fingerprint density at radius 2 is 2.05 bits per heavy atom. The molecule has 0 radical (unpaired) electrons. The monoisotopic (exact) mass is 276 g/mol. The highest BCUT2D eigenvalue weighted by molar-refractivity contribution is 5.79. The van der Waals surface area contributed by atoms with Gasteiger partial charge in [0.2, 0.25) is 0 Å². The zero-order chi connectivity index (χ0) is 14.7. The van der Waals surface area contributed by atoms with Crippen LogP contribution in [0.4, 0.5) is 0 Å². The molecule has 4 nitrogen and oxygen atoms in total. The average molecular weight is 276 g/mol. The molecule has 3 rings (SSSR count). The second kappa shape index (κ2) is 5.71. The predicted octanol–water partition coefficient (Wildman–Crippen LogP) is 3.44. The highest BCUT2D eigenvalue weighted by atomic mass is 15.2. The third-order valence-electron chi connectivity index (χ3n) is 3.28. The summed E-state index contributed by atoms with van der Waals surface area (Å²) in [6, 6.07) is 8.38. The Bertz CT molecular complexity index is 772. The molecule has 0 saturated heterocycles. The van der Waals surface area contributed by atoms with Crippen molar-refractivity contribution in [3.63, 3.8) is 0 Å². The van der Waals surface area contributed by atoms with Gasteiger partial charge in [-0.05, 0) is 35.8 Å². The molecule has 0 N–H and O–H groups in total. The fourth-order valence-electron chi connectivity index (χ4n) is 2.20. The van der Waals surface area contributed by atoms with Crippen LogP contribution in [0.15, 0.2) is 55.2 Å². The van der Waals surface area contributed by atoms with Crippen LogP contribution in [-0.2, 0) is 7.05 Å². The van der Waals surface area contributed by atoms with Crippen LogP contribution in [0.2, 0.25) is 0 Å². The minimum Gasteiger partial charge on any atom is -0.275 e. The molecular formula is C17H16N4. The van der Waals surface area contributed by atoms with Crippen molar-refractivity contribution in [3.05, 3.63) is 66.5 Å². The number of benzene rings is 1. The van der Waals surface area contributed by atoms with Crippen molar-refractivity contribution in [2.75, 3.05) is 0 Å². The number of allylic oxidation sites excluding steroid dienone is 1. The van der Waals surface area contributed by atoms with E-state index in [-0.39, 0.29) is 0 Å². The van der Waals surface area contributed by atoms with E-state index in [4.69, 9.17) is 0 Å². The molecule has 0 saturated carbocycles. The molecule has 0 bridgehead atoms. The van der Waals surface area contributed by atoms with E-state index >= 15 is 0 Å². The molecule has 4 heteroatoms.